The van der Waals surface area contributed by atoms with Crippen molar-refractivity contribution >= 4 is 11.7 Å². The Morgan fingerprint density at radius 1 is 1.22 bits per heavy atom. The molecular formula is C22H24N6O4. The highest BCUT2D eigenvalue weighted by atomic mass is 16.7. The molecule has 1 saturated heterocycles. The van der Waals surface area contributed by atoms with Crippen LogP contribution in [0.1, 0.15) is 12.1 Å². The van der Waals surface area contributed by atoms with Crippen molar-refractivity contribution in [3.05, 3.63) is 54.7 Å². The van der Waals surface area contributed by atoms with E-state index in [-0.39, 0.29) is 25.0 Å². The van der Waals surface area contributed by atoms with Gasteiger partial charge in [-0.3, -0.25) is 9.36 Å². The number of para-hydroxylation sites is 2. The zero-order chi connectivity index (χ0) is 21.9. The molecule has 1 amide bonds. The maximum atomic E-state index is 12.5. The first-order chi connectivity index (χ1) is 15.6. The lowest BCUT2D eigenvalue weighted by atomic mass is 10.2. The molecule has 0 bridgehead atoms. The second-order valence-electron chi connectivity index (χ2n) is 7.70. The first kappa shape index (κ1) is 20.3. The predicted octanol–water partition coefficient (Wildman–Crippen LogP) is 1.48. The molecule has 2 aliphatic rings. The molecule has 1 N–H and O–H groups in total. The molecule has 10 nitrogen and oxygen atoms in total. The average molecular weight is 436 g/mol. The number of nitrogens with zero attached hydrogens (tertiary/aromatic N) is 5. The Kier molecular flexibility index (Phi) is 5.59. The summed E-state index contributed by atoms with van der Waals surface area (Å²) in [5.74, 6) is 2.63. The van der Waals surface area contributed by atoms with Crippen molar-refractivity contribution < 1.29 is 19.0 Å². The van der Waals surface area contributed by atoms with Gasteiger partial charge in [0.25, 0.3) is 6.29 Å². The lowest BCUT2D eigenvalue weighted by Crippen LogP contribution is -2.46. The topological polar surface area (TPSA) is 104 Å². The summed E-state index contributed by atoms with van der Waals surface area (Å²) in [6.07, 6.45) is 4.65. The van der Waals surface area contributed by atoms with Crippen LogP contribution in [0.15, 0.2) is 49.1 Å². The third kappa shape index (κ3) is 4.50. The van der Waals surface area contributed by atoms with E-state index in [2.05, 4.69) is 25.2 Å². The summed E-state index contributed by atoms with van der Waals surface area (Å²) in [6, 6.07) is 9.39. The van der Waals surface area contributed by atoms with E-state index in [9.17, 15) is 4.79 Å². The highest BCUT2D eigenvalue weighted by Gasteiger charge is 2.27. The third-order valence-electron chi connectivity index (χ3n) is 5.27. The number of aromatic nitrogens is 4. The minimum absolute atomic E-state index is 0.113. The zero-order valence-corrected chi connectivity index (χ0v) is 17.7. The number of imidazole rings is 1. The van der Waals surface area contributed by atoms with Crippen molar-refractivity contribution in [2.45, 2.75) is 25.7 Å². The molecule has 10 heteroatoms. The van der Waals surface area contributed by atoms with Crippen molar-refractivity contribution in [3.63, 3.8) is 0 Å². The van der Waals surface area contributed by atoms with Gasteiger partial charge in [0.05, 0.1) is 25.7 Å². The number of rotatable bonds is 6. The van der Waals surface area contributed by atoms with Gasteiger partial charge in [-0.2, -0.15) is 4.98 Å². The van der Waals surface area contributed by atoms with Gasteiger partial charge in [-0.25, -0.2) is 9.97 Å². The van der Waals surface area contributed by atoms with E-state index in [1.54, 1.807) is 23.3 Å². The van der Waals surface area contributed by atoms with E-state index in [4.69, 9.17) is 14.2 Å². The van der Waals surface area contributed by atoms with Gasteiger partial charge < -0.3 is 24.4 Å². The fourth-order valence-corrected chi connectivity index (χ4v) is 3.75. The van der Waals surface area contributed by atoms with Crippen molar-refractivity contribution in [2.75, 3.05) is 31.1 Å². The number of benzene rings is 1. The molecule has 32 heavy (non-hydrogen) atoms. The van der Waals surface area contributed by atoms with Gasteiger partial charge in [0, 0.05) is 37.2 Å². The third-order valence-corrected chi connectivity index (χ3v) is 5.27. The van der Waals surface area contributed by atoms with Crippen LogP contribution in [0.25, 0.3) is 5.95 Å². The number of nitrogens with one attached hydrogen (secondary N) is 1. The van der Waals surface area contributed by atoms with Crippen molar-refractivity contribution in [1.29, 1.82) is 0 Å². The number of fused-ring (bicyclic) bond motifs is 1. The first-order valence-electron chi connectivity index (χ1n) is 10.5. The molecule has 1 aromatic carbocycles. The molecule has 0 aliphatic carbocycles. The second-order valence-corrected chi connectivity index (χ2v) is 7.70. The molecule has 2 aliphatic heterocycles. The fraction of sp³-hybridized carbons (Fsp3) is 0.364. The Bertz CT molecular complexity index is 1060. The number of hydrogen-bond donors (Lipinski definition) is 1. The molecule has 1 fully saturated rings. The van der Waals surface area contributed by atoms with Crippen LogP contribution in [0.4, 0.5) is 5.82 Å². The molecule has 4 heterocycles. The number of hydrogen-bond acceptors (Lipinski definition) is 8. The Morgan fingerprint density at radius 3 is 2.78 bits per heavy atom. The van der Waals surface area contributed by atoms with Crippen LogP contribution in [0, 0.1) is 6.92 Å². The standard InChI is InChI=1S/C22H24N6O4/c1-15-10-19(26-22(25-15)28-7-6-23-14-28)27-8-9-30-16(13-27)11-20(29)24-12-21-31-17-4-2-3-5-18(17)32-21/h2-7,10,14,16,21H,8-9,11-13H2,1H3,(H,24,29). The van der Waals surface area contributed by atoms with E-state index < -0.39 is 6.29 Å². The molecule has 166 valence electrons. The van der Waals surface area contributed by atoms with Crippen LogP contribution in [-0.4, -0.2) is 64.1 Å². The van der Waals surface area contributed by atoms with E-state index in [1.165, 1.54) is 0 Å². The second kappa shape index (κ2) is 8.83. The molecule has 2 aromatic heterocycles. The molecular weight excluding hydrogens is 412 g/mol. The van der Waals surface area contributed by atoms with Gasteiger partial charge in [-0.1, -0.05) is 12.1 Å². The van der Waals surface area contributed by atoms with Gasteiger partial charge >= 0.3 is 0 Å². The minimum Gasteiger partial charge on any atom is -0.449 e. The van der Waals surface area contributed by atoms with Crippen LogP contribution >= 0.6 is 0 Å². The predicted molar refractivity (Wildman–Crippen MR) is 115 cm³/mol. The van der Waals surface area contributed by atoms with E-state index in [1.807, 2.05) is 37.3 Å². The van der Waals surface area contributed by atoms with Gasteiger partial charge in [-0.05, 0) is 19.1 Å². The Hall–Kier alpha value is -3.66. The molecule has 3 aromatic rings. The van der Waals surface area contributed by atoms with Crippen molar-refractivity contribution in [1.82, 2.24) is 24.8 Å². The molecule has 0 radical (unpaired) electrons. The number of ether oxygens (including phenoxy) is 3. The number of carbonyl (C=O) groups excluding carboxylic acids is 1. The van der Waals surface area contributed by atoms with Crippen LogP contribution in [0.3, 0.4) is 0 Å². The Morgan fingerprint density at radius 2 is 2.03 bits per heavy atom. The van der Waals surface area contributed by atoms with Gasteiger partial charge in [0.2, 0.25) is 11.9 Å². The van der Waals surface area contributed by atoms with Gasteiger partial charge in [-0.15, -0.1) is 0 Å². The van der Waals surface area contributed by atoms with Crippen molar-refractivity contribution in [2.24, 2.45) is 0 Å². The highest BCUT2D eigenvalue weighted by molar-refractivity contribution is 5.76. The maximum Gasteiger partial charge on any atom is 0.258 e. The number of anilines is 1. The Labute approximate surface area is 185 Å². The fourth-order valence-electron chi connectivity index (χ4n) is 3.75. The molecule has 5 rings (SSSR count). The summed E-state index contributed by atoms with van der Waals surface area (Å²) in [7, 11) is 0. The molecule has 0 saturated carbocycles. The summed E-state index contributed by atoms with van der Waals surface area (Å²) in [5, 5.41) is 2.87. The summed E-state index contributed by atoms with van der Waals surface area (Å²) in [5.41, 5.74) is 0.858. The quantitative estimate of drug-likeness (QED) is 0.620. The number of amides is 1. The van der Waals surface area contributed by atoms with Crippen LogP contribution < -0.4 is 19.7 Å². The SMILES string of the molecule is Cc1cc(N2CCOC(CC(=O)NCC3Oc4ccccc4O3)C2)nc(-n2ccnc2)n1. The normalized spacial score (nSPS) is 18.0. The van der Waals surface area contributed by atoms with Crippen LogP contribution in [0.5, 0.6) is 11.5 Å². The summed E-state index contributed by atoms with van der Waals surface area (Å²) in [4.78, 5) is 27.8. The zero-order valence-electron chi connectivity index (χ0n) is 17.7. The first-order valence-corrected chi connectivity index (χ1v) is 10.5. The number of carbonyl (C=O) groups is 1. The maximum absolute atomic E-state index is 12.5. The van der Waals surface area contributed by atoms with E-state index in [0.717, 1.165) is 11.5 Å². The van der Waals surface area contributed by atoms with Crippen molar-refractivity contribution in [3.8, 4) is 17.4 Å². The van der Waals surface area contributed by atoms with Crippen LogP contribution in [-0.2, 0) is 9.53 Å². The summed E-state index contributed by atoms with van der Waals surface area (Å²) >= 11 is 0. The van der Waals surface area contributed by atoms with E-state index >= 15 is 0 Å². The summed E-state index contributed by atoms with van der Waals surface area (Å²) < 4.78 is 19.0. The lowest BCUT2D eigenvalue weighted by molar-refractivity contribution is -0.125. The number of aryl methyl sites for hydroxylation is 1. The lowest BCUT2D eigenvalue weighted by Gasteiger charge is -2.33. The Balaban J connectivity index is 1.16. The minimum atomic E-state index is -0.522. The highest BCUT2D eigenvalue weighted by Crippen LogP contribution is 2.33. The van der Waals surface area contributed by atoms with E-state index in [0.29, 0.717) is 37.1 Å². The summed E-state index contributed by atoms with van der Waals surface area (Å²) in [6.45, 7) is 3.98. The molecule has 1 atom stereocenters. The molecule has 1 unspecified atom stereocenters. The molecule has 0 spiro atoms. The smallest absolute Gasteiger partial charge is 0.258 e. The number of morpholine rings is 1. The van der Waals surface area contributed by atoms with Crippen LogP contribution in [0.2, 0.25) is 0 Å². The monoisotopic (exact) mass is 436 g/mol. The van der Waals surface area contributed by atoms with Gasteiger partial charge in [0.15, 0.2) is 11.5 Å². The largest absolute Gasteiger partial charge is 0.449 e. The average Bonchev–Trinajstić information content (AvgIpc) is 3.47. The van der Waals surface area contributed by atoms with Gasteiger partial charge in [0.1, 0.15) is 12.1 Å².